The van der Waals surface area contributed by atoms with Gasteiger partial charge in [-0.25, -0.2) is 8.42 Å². The van der Waals surface area contributed by atoms with Gasteiger partial charge in [0.15, 0.2) is 0 Å². The van der Waals surface area contributed by atoms with E-state index in [2.05, 4.69) is 5.32 Å². The van der Waals surface area contributed by atoms with E-state index in [0.29, 0.717) is 24.7 Å². The Morgan fingerprint density at radius 1 is 1.03 bits per heavy atom. The van der Waals surface area contributed by atoms with Crippen LogP contribution < -0.4 is 14.8 Å². The summed E-state index contributed by atoms with van der Waals surface area (Å²) in [6, 6.07) is 12.7. The molecule has 2 aromatic rings. The van der Waals surface area contributed by atoms with Crippen LogP contribution in [-0.2, 0) is 14.8 Å². The summed E-state index contributed by atoms with van der Waals surface area (Å²) in [5.74, 6) is 1.51. The average Bonchev–Trinajstić information content (AvgIpc) is 2.69. The van der Waals surface area contributed by atoms with E-state index in [0.717, 1.165) is 5.75 Å². The van der Waals surface area contributed by atoms with Gasteiger partial charge in [-0.05, 0) is 61.4 Å². The largest absolute Gasteiger partial charge is 0.494 e. The molecule has 1 heterocycles. The Bertz CT molecular complexity index is 940. The molecule has 0 aliphatic carbocycles. The van der Waals surface area contributed by atoms with Crippen molar-refractivity contribution in [3.05, 3.63) is 48.5 Å². The molecule has 1 aliphatic heterocycles. The lowest BCUT2D eigenvalue weighted by Gasteiger charge is -2.36. The van der Waals surface area contributed by atoms with Crippen LogP contribution in [0, 0.1) is 5.92 Å². The molecule has 29 heavy (non-hydrogen) atoms. The molecule has 1 saturated heterocycles. The number of nitrogens with zero attached hydrogens (tertiary/aromatic N) is 1. The minimum absolute atomic E-state index is 0.132. The van der Waals surface area contributed by atoms with Gasteiger partial charge >= 0.3 is 0 Å². The van der Waals surface area contributed by atoms with Crippen LogP contribution in [0.15, 0.2) is 53.4 Å². The van der Waals surface area contributed by atoms with Crippen LogP contribution in [0.2, 0.25) is 0 Å². The van der Waals surface area contributed by atoms with E-state index in [-0.39, 0.29) is 23.3 Å². The molecule has 1 fully saturated rings. The van der Waals surface area contributed by atoms with Gasteiger partial charge in [0.1, 0.15) is 23.3 Å². The second-order valence-corrected chi connectivity index (χ2v) is 8.96. The predicted molar refractivity (Wildman–Crippen MR) is 110 cm³/mol. The molecule has 0 aromatic heterocycles. The zero-order valence-electron chi connectivity index (χ0n) is 16.8. The zero-order chi connectivity index (χ0) is 21.0. The minimum atomic E-state index is -3.79. The fourth-order valence-corrected chi connectivity index (χ4v) is 5.01. The third-order valence-corrected chi connectivity index (χ3v) is 6.54. The predicted octanol–water partition coefficient (Wildman–Crippen LogP) is 3.02. The first-order valence-corrected chi connectivity index (χ1v) is 11.1. The van der Waals surface area contributed by atoms with Gasteiger partial charge < -0.3 is 14.8 Å². The second kappa shape index (κ2) is 8.84. The van der Waals surface area contributed by atoms with Crippen LogP contribution in [0.4, 0.5) is 0 Å². The number of carbonyl (C=O) groups is 1. The lowest BCUT2D eigenvalue weighted by atomic mass is 10.0. The number of amides is 1. The van der Waals surface area contributed by atoms with Gasteiger partial charge in [-0.1, -0.05) is 13.8 Å². The summed E-state index contributed by atoms with van der Waals surface area (Å²) in [5, 5.41) is 2.74. The maximum Gasteiger partial charge on any atom is 0.243 e. The molecule has 0 bridgehead atoms. The van der Waals surface area contributed by atoms with Crippen molar-refractivity contribution >= 4 is 15.9 Å². The number of hydrogen-bond acceptors (Lipinski definition) is 5. The summed E-state index contributed by atoms with van der Waals surface area (Å²) in [6.07, 6.45) is 0. The number of ether oxygens (including phenoxy) is 2. The van der Waals surface area contributed by atoms with Crippen molar-refractivity contribution in [3.8, 4) is 17.2 Å². The molecule has 2 aromatic carbocycles. The van der Waals surface area contributed by atoms with E-state index in [1.165, 1.54) is 16.4 Å². The van der Waals surface area contributed by atoms with Gasteiger partial charge in [0, 0.05) is 13.1 Å². The summed E-state index contributed by atoms with van der Waals surface area (Å²) in [6.45, 7) is 6.74. The Morgan fingerprint density at radius 2 is 1.59 bits per heavy atom. The fraction of sp³-hybridized carbons (Fsp3) is 0.381. The number of rotatable bonds is 7. The van der Waals surface area contributed by atoms with Gasteiger partial charge in [0.05, 0.1) is 11.5 Å². The molecule has 7 nitrogen and oxygen atoms in total. The molecule has 0 saturated carbocycles. The summed E-state index contributed by atoms with van der Waals surface area (Å²) < 4.78 is 38.7. The average molecular weight is 419 g/mol. The van der Waals surface area contributed by atoms with Crippen LogP contribution in [0.25, 0.3) is 0 Å². The van der Waals surface area contributed by atoms with Crippen molar-refractivity contribution in [2.45, 2.75) is 31.7 Å². The molecule has 3 rings (SSSR count). The van der Waals surface area contributed by atoms with E-state index in [1.54, 1.807) is 24.3 Å². The van der Waals surface area contributed by atoms with E-state index >= 15 is 0 Å². The van der Waals surface area contributed by atoms with Gasteiger partial charge in [-0.2, -0.15) is 4.31 Å². The number of carbonyl (C=O) groups excluding carboxylic acids is 1. The zero-order valence-corrected chi connectivity index (χ0v) is 17.6. The van der Waals surface area contributed by atoms with Crippen LogP contribution in [0.3, 0.4) is 0 Å². The van der Waals surface area contributed by atoms with Crippen molar-refractivity contribution in [1.29, 1.82) is 0 Å². The highest BCUT2D eigenvalue weighted by molar-refractivity contribution is 7.89. The summed E-state index contributed by atoms with van der Waals surface area (Å²) >= 11 is 0. The third-order valence-electron chi connectivity index (χ3n) is 4.64. The fourth-order valence-electron chi connectivity index (χ4n) is 3.29. The van der Waals surface area contributed by atoms with Gasteiger partial charge in [-0.15, -0.1) is 0 Å². The molecule has 1 amide bonds. The Morgan fingerprint density at radius 3 is 2.14 bits per heavy atom. The highest BCUT2D eigenvalue weighted by Crippen LogP contribution is 2.28. The first kappa shape index (κ1) is 21.1. The quantitative estimate of drug-likeness (QED) is 0.747. The van der Waals surface area contributed by atoms with E-state index < -0.39 is 16.1 Å². The van der Waals surface area contributed by atoms with Crippen molar-refractivity contribution in [3.63, 3.8) is 0 Å². The van der Waals surface area contributed by atoms with Crippen LogP contribution >= 0.6 is 0 Å². The van der Waals surface area contributed by atoms with Crippen LogP contribution in [0.5, 0.6) is 17.2 Å². The van der Waals surface area contributed by atoms with E-state index in [9.17, 15) is 13.2 Å². The molecular weight excluding hydrogens is 392 g/mol. The number of benzene rings is 2. The minimum Gasteiger partial charge on any atom is -0.494 e. The normalized spacial score (nSPS) is 17.8. The SMILES string of the molecule is CCOc1ccc(Oc2ccc(S(=O)(=O)N3CCNC(=O)C3C(C)C)cc2)cc1. The molecule has 0 radical (unpaired) electrons. The van der Waals surface area contributed by atoms with E-state index in [1.807, 2.05) is 32.9 Å². The maximum atomic E-state index is 13.1. The first-order chi connectivity index (χ1) is 13.8. The summed E-state index contributed by atoms with van der Waals surface area (Å²) in [4.78, 5) is 12.3. The van der Waals surface area contributed by atoms with Crippen molar-refractivity contribution in [2.24, 2.45) is 5.92 Å². The lowest BCUT2D eigenvalue weighted by Crippen LogP contribution is -2.58. The number of sulfonamides is 1. The number of piperazine rings is 1. The Kier molecular flexibility index (Phi) is 6.44. The molecule has 156 valence electrons. The Hall–Kier alpha value is -2.58. The molecule has 1 N–H and O–H groups in total. The molecule has 1 unspecified atom stereocenters. The van der Waals surface area contributed by atoms with Crippen LogP contribution in [0.1, 0.15) is 20.8 Å². The number of hydrogen-bond donors (Lipinski definition) is 1. The lowest BCUT2D eigenvalue weighted by molar-refractivity contribution is -0.128. The van der Waals surface area contributed by atoms with Crippen molar-refractivity contribution in [2.75, 3.05) is 19.7 Å². The topological polar surface area (TPSA) is 84.9 Å². The van der Waals surface area contributed by atoms with Gasteiger partial charge in [0.25, 0.3) is 0 Å². The van der Waals surface area contributed by atoms with Gasteiger partial charge in [0.2, 0.25) is 15.9 Å². The molecule has 8 heteroatoms. The third kappa shape index (κ3) is 4.71. The van der Waals surface area contributed by atoms with E-state index in [4.69, 9.17) is 9.47 Å². The van der Waals surface area contributed by atoms with Gasteiger partial charge in [-0.3, -0.25) is 4.79 Å². The highest BCUT2D eigenvalue weighted by atomic mass is 32.2. The summed E-state index contributed by atoms with van der Waals surface area (Å²) in [5.41, 5.74) is 0. The first-order valence-electron chi connectivity index (χ1n) is 9.63. The summed E-state index contributed by atoms with van der Waals surface area (Å²) in [7, 11) is -3.79. The highest BCUT2D eigenvalue weighted by Gasteiger charge is 2.40. The monoisotopic (exact) mass is 418 g/mol. The molecule has 1 aliphatic rings. The maximum absolute atomic E-state index is 13.1. The van der Waals surface area contributed by atoms with Crippen molar-refractivity contribution in [1.82, 2.24) is 9.62 Å². The number of nitrogens with one attached hydrogen (secondary N) is 1. The smallest absolute Gasteiger partial charge is 0.243 e. The second-order valence-electron chi connectivity index (χ2n) is 7.07. The van der Waals surface area contributed by atoms with Crippen molar-refractivity contribution < 1.29 is 22.7 Å². The van der Waals surface area contributed by atoms with Crippen LogP contribution in [-0.4, -0.2) is 44.4 Å². The standard InChI is InChI=1S/C21H26N2O5S/c1-4-27-16-5-7-17(8-6-16)28-18-9-11-19(12-10-18)29(25,26)23-14-13-22-21(24)20(23)15(2)3/h5-12,15,20H,4,13-14H2,1-3H3,(H,22,24). The Balaban J connectivity index is 1.77. The molecule has 0 spiro atoms. The molecular formula is C21H26N2O5S. The Labute approximate surface area is 171 Å². The molecule has 1 atom stereocenters.